The topological polar surface area (TPSA) is 37.8 Å². The Bertz CT molecular complexity index is 845. The summed E-state index contributed by atoms with van der Waals surface area (Å²) in [5.74, 6) is 0.773. The number of hydrogen-bond acceptors (Lipinski definition) is 5. The van der Waals surface area contributed by atoms with E-state index >= 15 is 0 Å². The Morgan fingerprint density at radius 2 is 1.79 bits per heavy atom. The van der Waals surface area contributed by atoms with E-state index in [4.69, 9.17) is 23.2 Å². The Hall–Kier alpha value is -1.27. The second-order valence-corrected chi connectivity index (χ2v) is 8.32. The van der Waals surface area contributed by atoms with Crippen LogP contribution in [0.15, 0.2) is 40.7 Å². The molecule has 0 aliphatic heterocycles. The van der Waals surface area contributed by atoms with Crippen LogP contribution in [0.3, 0.4) is 0 Å². The van der Waals surface area contributed by atoms with Crippen LogP contribution in [-0.2, 0) is 5.75 Å². The molecular formula is C17H15Cl2N3S2. The molecule has 2 aromatic carbocycles. The SMILES string of the molecule is Cc1cccc(C)c1Nc1nnc(SCc2ccc(Cl)c(Cl)c2)s1. The summed E-state index contributed by atoms with van der Waals surface area (Å²) >= 11 is 15.2. The Balaban J connectivity index is 1.66. The van der Waals surface area contributed by atoms with Gasteiger partial charge in [-0.15, -0.1) is 10.2 Å². The fourth-order valence-corrected chi connectivity index (χ4v) is 4.23. The van der Waals surface area contributed by atoms with Crippen LogP contribution < -0.4 is 5.32 Å². The third kappa shape index (κ3) is 4.22. The van der Waals surface area contributed by atoms with E-state index in [0.717, 1.165) is 26.5 Å². The van der Waals surface area contributed by atoms with Gasteiger partial charge in [-0.05, 0) is 42.7 Å². The minimum atomic E-state index is 0.571. The lowest BCUT2D eigenvalue weighted by Crippen LogP contribution is -1.95. The first-order chi connectivity index (χ1) is 11.5. The minimum Gasteiger partial charge on any atom is -0.330 e. The highest BCUT2D eigenvalue weighted by atomic mass is 35.5. The fraction of sp³-hybridized carbons (Fsp3) is 0.176. The van der Waals surface area contributed by atoms with Crippen molar-refractivity contribution in [3.05, 3.63) is 63.1 Å². The zero-order valence-electron chi connectivity index (χ0n) is 13.1. The van der Waals surface area contributed by atoms with Crippen molar-refractivity contribution in [2.24, 2.45) is 0 Å². The third-order valence-electron chi connectivity index (χ3n) is 3.47. The standard InChI is InChI=1S/C17H15Cl2N3S2/c1-10-4-3-5-11(2)15(10)20-16-21-22-17(24-16)23-9-12-6-7-13(18)14(19)8-12/h3-8H,9H2,1-2H3,(H,20,21). The summed E-state index contributed by atoms with van der Waals surface area (Å²) in [6.07, 6.45) is 0. The number of halogens is 2. The first-order valence-electron chi connectivity index (χ1n) is 7.26. The highest BCUT2D eigenvalue weighted by molar-refractivity contribution is 8.00. The van der Waals surface area contributed by atoms with Crippen LogP contribution >= 0.6 is 46.3 Å². The number of nitrogens with one attached hydrogen (secondary N) is 1. The Morgan fingerprint density at radius 1 is 1.04 bits per heavy atom. The lowest BCUT2D eigenvalue weighted by atomic mass is 10.1. The van der Waals surface area contributed by atoms with Crippen LogP contribution in [0.5, 0.6) is 0 Å². The third-order valence-corrected chi connectivity index (χ3v) is 6.25. The molecule has 1 N–H and O–H groups in total. The monoisotopic (exact) mass is 395 g/mol. The zero-order chi connectivity index (χ0) is 17.1. The Kier molecular flexibility index (Phi) is 5.66. The number of thioether (sulfide) groups is 1. The lowest BCUT2D eigenvalue weighted by molar-refractivity contribution is 1.01. The van der Waals surface area contributed by atoms with Gasteiger partial charge < -0.3 is 5.32 Å². The molecule has 0 radical (unpaired) electrons. The van der Waals surface area contributed by atoms with E-state index in [-0.39, 0.29) is 0 Å². The summed E-state index contributed by atoms with van der Waals surface area (Å²) in [4.78, 5) is 0. The molecule has 24 heavy (non-hydrogen) atoms. The predicted molar refractivity (Wildman–Crippen MR) is 105 cm³/mol. The zero-order valence-corrected chi connectivity index (χ0v) is 16.3. The number of anilines is 2. The van der Waals surface area contributed by atoms with Crippen LogP contribution in [0.25, 0.3) is 0 Å². The van der Waals surface area contributed by atoms with Gasteiger partial charge in [0, 0.05) is 11.4 Å². The van der Waals surface area contributed by atoms with Gasteiger partial charge in [-0.2, -0.15) is 0 Å². The van der Waals surface area contributed by atoms with E-state index in [9.17, 15) is 0 Å². The highest BCUT2D eigenvalue weighted by Gasteiger charge is 2.09. The second-order valence-electron chi connectivity index (χ2n) is 5.30. The van der Waals surface area contributed by atoms with Crippen LogP contribution in [0.4, 0.5) is 10.8 Å². The lowest BCUT2D eigenvalue weighted by Gasteiger charge is -2.09. The van der Waals surface area contributed by atoms with Gasteiger partial charge in [0.15, 0.2) is 4.34 Å². The van der Waals surface area contributed by atoms with Gasteiger partial charge in [-0.3, -0.25) is 0 Å². The fourth-order valence-electron chi connectivity index (χ4n) is 2.21. The number of aromatic nitrogens is 2. The van der Waals surface area contributed by atoms with E-state index in [1.165, 1.54) is 11.1 Å². The number of rotatable bonds is 5. The Labute approximate surface area is 159 Å². The van der Waals surface area contributed by atoms with Crippen molar-refractivity contribution in [2.75, 3.05) is 5.32 Å². The number of para-hydroxylation sites is 1. The maximum atomic E-state index is 6.04. The summed E-state index contributed by atoms with van der Waals surface area (Å²) in [7, 11) is 0. The van der Waals surface area contributed by atoms with E-state index < -0.39 is 0 Å². The predicted octanol–water partition coefficient (Wildman–Crippen LogP) is 6.50. The molecule has 0 unspecified atom stereocenters. The molecule has 7 heteroatoms. The second kappa shape index (κ2) is 7.74. The normalized spacial score (nSPS) is 10.8. The molecule has 0 atom stereocenters. The molecule has 1 aromatic heterocycles. The van der Waals surface area contributed by atoms with E-state index in [2.05, 4.69) is 47.6 Å². The molecule has 0 fully saturated rings. The van der Waals surface area contributed by atoms with Gasteiger partial charge in [0.1, 0.15) is 0 Å². The molecule has 0 aliphatic rings. The Morgan fingerprint density at radius 3 is 2.50 bits per heavy atom. The number of benzene rings is 2. The van der Waals surface area contributed by atoms with Gasteiger partial charge in [0.05, 0.1) is 10.0 Å². The van der Waals surface area contributed by atoms with Crippen molar-refractivity contribution < 1.29 is 0 Å². The van der Waals surface area contributed by atoms with E-state index in [1.54, 1.807) is 23.1 Å². The first kappa shape index (κ1) is 17.5. The van der Waals surface area contributed by atoms with Gasteiger partial charge >= 0.3 is 0 Å². The number of nitrogens with zero attached hydrogens (tertiary/aromatic N) is 2. The maximum Gasteiger partial charge on any atom is 0.210 e. The van der Waals surface area contributed by atoms with Gasteiger partial charge in [0.25, 0.3) is 0 Å². The van der Waals surface area contributed by atoms with Crippen molar-refractivity contribution in [1.29, 1.82) is 0 Å². The highest BCUT2D eigenvalue weighted by Crippen LogP contribution is 2.32. The van der Waals surface area contributed by atoms with Crippen LogP contribution in [0, 0.1) is 13.8 Å². The molecule has 3 rings (SSSR count). The molecular weight excluding hydrogens is 381 g/mol. The summed E-state index contributed by atoms with van der Waals surface area (Å²) in [6, 6.07) is 11.9. The van der Waals surface area contributed by atoms with Gasteiger partial charge in [-0.25, -0.2) is 0 Å². The van der Waals surface area contributed by atoms with Gasteiger partial charge in [-0.1, -0.05) is 70.6 Å². The molecule has 0 spiro atoms. The van der Waals surface area contributed by atoms with Crippen molar-refractivity contribution in [3.8, 4) is 0 Å². The summed E-state index contributed by atoms with van der Waals surface area (Å²) in [6.45, 7) is 4.16. The summed E-state index contributed by atoms with van der Waals surface area (Å²) < 4.78 is 0.912. The summed E-state index contributed by atoms with van der Waals surface area (Å²) in [5.41, 5.74) is 4.58. The smallest absolute Gasteiger partial charge is 0.210 e. The van der Waals surface area contributed by atoms with Crippen LogP contribution in [0.1, 0.15) is 16.7 Å². The minimum absolute atomic E-state index is 0.571. The van der Waals surface area contributed by atoms with Crippen LogP contribution in [0.2, 0.25) is 10.0 Å². The molecule has 0 saturated heterocycles. The molecule has 0 aliphatic carbocycles. The van der Waals surface area contributed by atoms with Crippen LogP contribution in [-0.4, -0.2) is 10.2 Å². The van der Waals surface area contributed by atoms with Crippen molar-refractivity contribution in [1.82, 2.24) is 10.2 Å². The average Bonchev–Trinajstić information content (AvgIpc) is 3.00. The average molecular weight is 396 g/mol. The molecule has 124 valence electrons. The first-order valence-corrected chi connectivity index (χ1v) is 9.82. The molecule has 0 amide bonds. The maximum absolute atomic E-state index is 6.04. The van der Waals surface area contributed by atoms with Gasteiger partial charge in [0.2, 0.25) is 5.13 Å². The molecule has 3 nitrogen and oxygen atoms in total. The molecule has 0 saturated carbocycles. The largest absolute Gasteiger partial charge is 0.330 e. The van der Waals surface area contributed by atoms with E-state index in [1.807, 2.05) is 18.2 Å². The number of hydrogen-bond donors (Lipinski definition) is 1. The van der Waals surface area contributed by atoms with Crippen molar-refractivity contribution in [3.63, 3.8) is 0 Å². The number of aryl methyl sites for hydroxylation is 2. The van der Waals surface area contributed by atoms with Crippen molar-refractivity contribution >= 4 is 57.1 Å². The van der Waals surface area contributed by atoms with E-state index in [0.29, 0.717) is 10.0 Å². The quantitative estimate of drug-likeness (QED) is 0.500. The molecule has 0 bridgehead atoms. The summed E-state index contributed by atoms with van der Waals surface area (Å²) in [5, 5.41) is 13.8. The molecule has 3 aromatic rings. The van der Waals surface area contributed by atoms with Crippen molar-refractivity contribution in [2.45, 2.75) is 23.9 Å². The molecule has 1 heterocycles.